The smallest absolute Gasteiger partial charge is 0.242 e. The molecule has 0 aliphatic carbocycles. The average molecular weight is 416 g/mol. The van der Waals surface area contributed by atoms with Crippen LogP contribution in [0.5, 0.6) is 0 Å². The van der Waals surface area contributed by atoms with Gasteiger partial charge in [0.25, 0.3) is 0 Å². The first-order chi connectivity index (χ1) is 14.5. The van der Waals surface area contributed by atoms with Crippen LogP contribution in [0.25, 0.3) is 0 Å². The highest BCUT2D eigenvalue weighted by Gasteiger charge is 2.43. The molecule has 1 aromatic rings. The van der Waals surface area contributed by atoms with E-state index < -0.39 is 0 Å². The molecule has 30 heavy (non-hydrogen) atoms. The standard InChI is InChI=1S/C23H30FN3O3/c24-18-10-8-17(9-11-18)15-27-20-12-14-26(19(20)5-4-7-22(27)29)23(30)16-25-13-3-1-2-6-21(25)28/h8-11,19-20H,1-7,12-16H2/t19-,20-/m1/s1. The van der Waals surface area contributed by atoms with Gasteiger partial charge in [-0.2, -0.15) is 0 Å². The maximum Gasteiger partial charge on any atom is 0.242 e. The second-order valence-electron chi connectivity index (χ2n) is 8.68. The van der Waals surface area contributed by atoms with Gasteiger partial charge in [0.15, 0.2) is 0 Å². The average Bonchev–Trinajstić information content (AvgIpc) is 2.96. The molecule has 1 aromatic carbocycles. The van der Waals surface area contributed by atoms with E-state index in [-0.39, 0.29) is 42.2 Å². The van der Waals surface area contributed by atoms with Crippen molar-refractivity contribution in [3.05, 3.63) is 35.6 Å². The van der Waals surface area contributed by atoms with Crippen molar-refractivity contribution >= 4 is 17.7 Å². The zero-order valence-electron chi connectivity index (χ0n) is 17.4. The van der Waals surface area contributed by atoms with Crippen LogP contribution < -0.4 is 0 Å². The van der Waals surface area contributed by atoms with Gasteiger partial charge in [0, 0.05) is 32.5 Å². The van der Waals surface area contributed by atoms with E-state index in [0.29, 0.717) is 32.5 Å². The van der Waals surface area contributed by atoms with E-state index in [1.165, 1.54) is 12.1 Å². The molecule has 0 unspecified atom stereocenters. The third-order valence-electron chi connectivity index (χ3n) is 6.71. The third-order valence-corrected chi connectivity index (χ3v) is 6.71. The first kappa shape index (κ1) is 20.8. The van der Waals surface area contributed by atoms with Crippen LogP contribution in [0.1, 0.15) is 56.9 Å². The van der Waals surface area contributed by atoms with Crippen molar-refractivity contribution in [2.45, 2.75) is 70.0 Å². The summed E-state index contributed by atoms with van der Waals surface area (Å²) in [5, 5.41) is 0. The van der Waals surface area contributed by atoms with Crippen LogP contribution in [-0.4, -0.2) is 64.1 Å². The van der Waals surface area contributed by atoms with Crippen LogP contribution in [0.15, 0.2) is 24.3 Å². The van der Waals surface area contributed by atoms with Crippen molar-refractivity contribution in [3.63, 3.8) is 0 Å². The molecule has 0 aromatic heterocycles. The lowest BCUT2D eigenvalue weighted by Crippen LogP contribution is -2.49. The van der Waals surface area contributed by atoms with Crippen LogP contribution in [0, 0.1) is 5.82 Å². The number of fused-ring (bicyclic) bond motifs is 1. The first-order valence-corrected chi connectivity index (χ1v) is 11.1. The second kappa shape index (κ2) is 9.14. The Kier molecular flexibility index (Phi) is 6.35. The van der Waals surface area contributed by atoms with Gasteiger partial charge in [-0.25, -0.2) is 4.39 Å². The SMILES string of the molecule is O=C1CCCCCN1CC(=O)N1CC[C@@H]2[C@H]1CCCC(=O)N2Cc1ccc(F)cc1. The Hall–Kier alpha value is -2.44. The molecule has 0 radical (unpaired) electrons. The highest BCUT2D eigenvalue weighted by atomic mass is 19.1. The topological polar surface area (TPSA) is 60.9 Å². The molecule has 4 rings (SSSR count). The number of hydrogen-bond acceptors (Lipinski definition) is 3. The Morgan fingerprint density at radius 3 is 2.47 bits per heavy atom. The van der Waals surface area contributed by atoms with Gasteiger partial charge in [-0.05, 0) is 49.8 Å². The Balaban J connectivity index is 1.46. The summed E-state index contributed by atoms with van der Waals surface area (Å²) in [6.07, 6.45) is 6.19. The summed E-state index contributed by atoms with van der Waals surface area (Å²) < 4.78 is 13.3. The van der Waals surface area contributed by atoms with Crippen molar-refractivity contribution < 1.29 is 18.8 Å². The minimum atomic E-state index is -0.292. The summed E-state index contributed by atoms with van der Waals surface area (Å²) in [5.74, 6) is -0.122. The highest BCUT2D eigenvalue weighted by molar-refractivity contribution is 5.85. The minimum absolute atomic E-state index is 0.00571. The number of hydrogen-bond donors (Lipinski definition) is 0. The van der Waals surface area contributed by atoms with Gasteiger partial charge in [0.05, 0.1) is 18.6 Å². The molecule has 0 N–H and O–H groups in total. The molecule has 2 atom stereocenters. The van der Waals surface area contributed by atoms with Gasteiger partial charge < -0.3 is 14.7 Å². The molecule has 3 saturated heterocycles. The van der Waals surface area contributed by atoms with Crippen molar-refractivity contribution in [1.29, 1.82) is 0 Å². The molecule has 0 spiro atoms. The second-order valence-corrected chi connectivity index (χ2v) is 8.68. The normalized spacial score (nSPS) is 25.2. The molecule has 3 aliphatic rings. The molecule has 3 aliphatic heterocycles. The number of likely N-dealkylation sites (tertiary alicyclic amines) is 3. The lowest BCUT2D eigenvalue weighted by molar-refractivity contribution is -0.141. The summed E-state index contributed by atoms with van der Waals surface area (Å²) >= 11 is 0. The van der Waals surface area contributed by atoms with Crippen LogP contribution in [0.2, 0.25) is 0 Å². The molecule has 162 valence electrons. The summed E-state index contributed by atoms with van der Waals surface area (Å²) in [5.41, 5.74) is 0.894. The predicted molar refractivity (Wildman–Crippen MR) is 110 cm³/mol. The summed E-state index contributed by atoms with van der Waals surface area (Å²) in [7, 11) is 0. The van der Waals surface area contributed by atoms with Crippen molar-refractivity contribution in [2.75, 3.05) is 19.6 Å². The van der Waals surface area contributed by atoms with Crippen molar-refractivity contribution in [2.24, 2.45) is 0 Å². The van der Waals surface area contributed by atoms with E-state index in [1.54, 1.807) is 17.0 Å². The summed E-state index contributed by atoms with van der Waals surface area (Å²) in [6, 6.07) is 6.23. The van der Waals surface area contributed by atoms with Gasteiger partial charge >= 0.3 is 0 Å². The predicted octanol–water partition coefficient (Wildman–Crippen LogP) is 2.71. The van der Waals surface area contributed by atoms with E-state index in [9.17, 15) is 18.8 Å². The number of carbonyl (C=O) groups excluding carboxylic acids is 3. The van der Waals surface area contributed by atoms with E-state index in [2.05, 4.69) is 0 Å². The van der Waals surface area contributed by atoms with E-state index in [4.69, 9.17) is 0 Å². The number of benzene rings is 1. The first-order valence-electron chi connectivity index (χ1n) is 11.1. The van der Waals surface area contributed by atoms with E-state index in [1.807, 2.05) is 9.80 Å². The maximum atomic E-state index is 13.3. The molecule has 0 saturated carbocycles. The molecule has 7 heteroatoms. The van der Waals surface area contributed by atoms with Crippen LogP contribution >= 0.6 is 0 Å². The number of halogens is 1. The van der Waals surface area contributed by atoms with E-state index in [0.717, 1.165) is 44.1 Å². The molecule has 6 nitrogen and oxygen atoms in total. The quantitative estimate of drug-likeness (QED) is 0.760. The van der Waals surface area contributed by atoms with E-state index >= 15 is 0 Å². The Bertz CT molecular complexity index is 797. The lowest BCUT2D eigenvalue weighted by atomic mass is 10.0. The molecule has 3 heterocycles. The number of rotatable bonds is 4. The molecule has 0 bridgehead atoms. The van der Waals surface area contributed by atoms with Gasteiger partial charge in [-0.15, -0.1) is 0 Å². The Morgan fingerprint density at radius 1 is 0.900 bits per heavy atom. The zero-order valence-corrected chi connectivity index (χ0v) is 17.4. The fourth-order valence-corrected chi connectivity index (χ4v) is 5.10. The number of nitrogens with zero attached hydrogens (tertiary/aromatic N) is 3. The van der Waals surface area contributed by atoms with Gasteiger partial charge in [-0.1, -0.05) is 18.6 Å². The number of amides is 3. The van der Waals surface area contributed by atoms with Crippen LogP contribution in [-0.2, 0) is 20.9 Å². The van der Waals surface area contributed by atoms with Gasteiger partial charge in [0.1, 0.15) is 5.82 Å². The maximum absolute atomic E-state index is 13.3. The van der Waals surface area contributed by atoms with Gasteiger partial charge in [-0.3, -0.25) is 14.4 Å². The lowest BCUT2D eigenvalue weighted by Gasteiger charge is -2.34. The number of carbonyl (C=O) groups is 3. The molecular formula is C23H30FN3O3. The van der Waals surface area contributed by atoms with Crippen LogP contribution in [0.3, 0.4) is 0 Å². The Morgan fingerprint density at radius 2 is 1.67 bits per heavy atom. The highest BCUT2D eigenvalue weighted by Crippen LogP contribution is 2.32. The molecule has 3 fully saturated rings. The van der Waals surface area contributed by atoms with Gasteiger partial charge in [0.2, 0.25) is 17.7 Å². The Labute approximate surface area is 177 Å². The van der Waals surface area contributed by atoms with Crippen LogP contribution in [0.4, 0.5) is 4.39 Å². The minimum Gasteiger partial charge on any atom is -0.336 e. The zero-order chi connectivity index (χ0) is 21.1. The fourth-order valence-electron chi connectivity index (χ4n) is 5.10. The summed E-state index contributed by atoms with van der Waals surface area (Å²) in [4.78, 5) is 43.7. The molecular weight excluding hydrogens is 385 g/mol. The third kappa shape index (κ3) is 4.50. The van der Waals surface area contributed by atoms with Crippen molar-refractivity contribution in [1.82, 2.24) is 14.7 Å². The van der Waals surface area contributed by atoms with Crippen molar-refractivity contribution in [3.8, 4) is 0 Å². The fraction of sp³-hybridized carbons (Fsp3) is 0.609. The molecule has 3 amide bonds. The largest absolute Gasteiger partial charge is 0.336 e. The summed E-state index contributed by atoms with van der Waals surface area (Å²) in [6.45, 7) is 1.85. The monoisotopic (exact) mass is 415 g/mol.